The van der Waals surface area contributed by atoms with E-state index in [0.717, 1.165) is 28.9 Å². The monoisotopic (exact) mass is 238 g/mol. The van der Waals surface area contributed by atoms with Crippen LogP contribution < -0.4 is 4.74 Å². The van der Waals surface area contributed by atoms with E-state index in [2.05, 4.69) is 0 Å². The van der Waals surface area contributed by atoms with Gasteiger partial charge < -0.3 is 4.74 Å². The topological polar surface area (TPSA) is 26.3 Å². The first-order valence-electron chi connectivity index (χ1n) is 6.12. The van der Waals surface area contributed by atoms with E-state index < -0.39 is 0 Å². The van der Waals surface area contributed by atoms with Gasteiger partial charge in [0.2, 0.25) is 0 Å². The zero-order valence-electron chi connectivity index (χ0n) is 10.3. The lowest BCUT2D eigenvalue weighted by atomic mass is 9.97. The van der Waals surface area contributed by atoms with Crippen molar-refractivity contribution in [3.63, 3.8) is 0 Å². The molecule has 1 aliphatic heterocycles. The fourth-order valence-electron chi connectivity index (χ4n) is 2.37. The van der Waals surface area contributed by atoms with Crippen LogP contribution in [-0.2, 0) is 6.42 Å². The molecule has 1 aliphatic rings. The highest BCUT2D eigenvalue weighted by Gasteiger charge is 2.21. The number of para-hydroxylation sites is 1. The van der Waals surface area contributed by atoms with Crippen molar-refractivity contribution in [2.45, 2.75) is 13.3 Å². The third-order valence-corrected chi connectivity index (χ3v) is 3.35. The number of ketones is 1. The minimum atomic E-state index is 0.0480. The zero-order chi connectivity index (χ0) is 12.5. The van der Waals surface area contributed by atoms with Crippen LogP contribution in [0, 0.1) is 6.92 Å². The maximum absolute atomic E-state index is 12.5. The fourth-order valence-corrected chi connectivity index (χ4v) is 2.37. The van der Waals surface area contributed by atoms with Gasteiger partial charge in [0.1, 0.15) is 5.75 Å². The van der Waals surface area contributed by atoms with Crippen molar-refractivity contribution in [3.8, 4) is 5.75 Å². The lowest BCUT2D eigenvalue weighted by Crippen LogP contribution is -2.05. The first-order chi connectivity index (χ1) is 8.77. The molecule has 1 heterocycles. The summed E-state index contributed by atoms with van der Waals surface area (Å²) in [6.07, 6.45) is 0.893. The van der Waals surface area contributed by atoms with Crippen molar-refractivity contribution < 1.29 is 9.53 Å². The van der Waals surface area contributed by atoms with E-state index in [0.29, 0.717) is 12.2 Å². The molecular formula is C16H14O2. The van der Waals surface area contributed by atoms with Crippen molar-refractivity contribution in [2.24, 2.45) is 0 Å². The second-order valence-corrected chi connectivity index (χ2v) is 4.54. The summed E-state index contributed by atoms with van der Waals surface area (Å²) in [4.78, 5) is 12.5. The van der Waals surface area contributed by atoms with Gasteiger partial charge in [-0.3, -0.25) is 4.79 Å². The maximum Gasteiger partial charge on any atom is 0.197 e. The summed E-state index contributed by atoms with van der Waals surface area (Å²) in [6.45, 7) is 2.63. The summed E-state index contributed by atoms with van der Waals surface area (Å²) in [5.74, 6) is 0.817. The number of hydrogen-bond donors (Lipinski definition) is 0. The summed E-state index contributed by atoms with van der Waals surface area (Å²) in [5, 5.41) is 0. The van der Waals surface area contributed by atoms with Gasteiger partial charge in [-0.25, -0.2) is 0 Å². The Morgan fingerprint density at radius 3 is 2.67 bits per heavy atom. The van der Waals surface area contributed by atoms with Gasteiger partial charge in [-0.2, -0.15) is 0 Å². The highest BCUT2D eigenvalue weighted by Crippen LogP contribution is 2.31. The van der Waals surface area contributed by atoms with E-state index in [-0.39, 0.29) is 5.78 Å². The third kappa shape index (κ3) is 1.70. The van der Waals surface area contributed by atoms with Gasteiger partial charge in [-0.15, -0.1) is 0 Å². The average Bonchev–Trinajstić information content (AvgIpc) is 2.86. The molecule has 2 heteroatoms. The van der Waals surface area contributed by atoms with Crippen LogP contribution in [0.2, 0.25) is 0 Å². The highest BCUT2D eigenvalue weighted by atomic mass is 16.5. The Morgan fingerprint density at radius 2 is 1.83 bits per heavy atom. The first kappa shape index (κ1) is 11.0. The molecule has 0 saturated heterocycles. The molecule has 0 fully saturated rings. The summed E-state index contributed by atoms with van der Waals surface area (Å²) < 4.78 is 5.59. The van der Waals surface area contributed by atoms with Crippen molar-refractivity contribution in [1.82, 2.24) is 0 Å². The fraction of sp³-hybridized carbons (Fsp3) is 0.188. The molecule has 2 nitrogen and oxygen atoms in total. The minimum absolute atomic E-state index is 0.0480. The SMILES string of the molecule is Cc1ccccc1C(=O)c1cccc2c1OCC2. The van der Waals surface area contributed by atoms with Crippen LogP contribution in [0.3, 0.4) is 0 Å². The van der Waals surface area contributed by atoms with Gasteiger partial charge in [0.15, 0.2) is 5.78 Å². The maximum atomic E-state index is 12.5. The van der Waals surface area contributed by atoms with Gasteiger partial charge in [-0.1, -0.05) is 36.4 Å². The van der Waals surface area contributed by atoms with E-state index in [9.17, 15) is 4.79 Å². The molecule has 2 aromatic carbocycles. The Morgan fingerprint density at radius 1 is 1.06 bits per heavy atom. The Labute approximate surface area is 106 Å². The number of rotatable bonds is 2. The number of carbonyl (C=O) groups is 1. The number of benzene rings is 2. The smallest absolute Gasteiger partial charge is 0.197 e. The van der Waals surface area contributed by atoms with E-state index in [4.69, 9.17) is 4.74 Å². The second-order valence-electron chi connectivity index (χ2n) is 4.54. The molecule has 3 rings (SSSR count). The van der Waals surface area contributed by atoms with Crippen molar-refractivity contribution in [3.05, 3.63) is 64.7 Å². The van der Waals surface area contributed by atoms with E-state index >= 15 is 0 Å². The molecule has 2 aromatic rings. The standard InChI is InChI=1S/C16H14O2/c1-11-5-2-3-7-13(11)15(17)14-8-4-6-12-9-10-18-16(12)14/h2-8H,9-10H2,1H3. The molecule has 0 aliphatic carbocycles. The Bertz CT molecular complexity index is 614. The second kappa shape index (κ2) is 4.30. The van der Waals surface area contributed by atoms with Gasteiger partial charge in [0.25, 0.3) is 0 Å². The number of hydrogen-bond acceptors (Lipinski definition) is 2. The first-order valence-corrected chi connectivity index (χ1v) is 6.12. The molecular weight excluding hydrogens is 224 g/mol. The largest absolute Gasteiger partial charge is 0.492 e. The highest BCUT2D eigenvalue weighted by molar-refractivity contribution is 6.11. The molecule has 0 atom stereocenters. The van der Waals surface area contributed by atoms with Gasteiger partial charge in [0.05, 0.1) is 12.2 Å². The number of ether oxygens (including phenoxy) is 1. The van der Waals surface area contributed by atoms with Gasteiger partial charge in [0, 0.05) is 12.0 Å². The molecule has 0 amide bonds. The van der Waals surface area contributed by atoms with Crippen molar-refractivity contribution >= 4 is 5.78 Å². The van der Waals surface area contributed by atoms with E-state index in [1.54, 1.807) is 0 Å². The Hall–Kier alpha value is -2.09. The van der Waals surface area contributed by atoms with Crippen LogP contribution >= 0.6 is 0 Å². The van der Waals surface area contributed by atoms with Crippen molar-refractivity contribution in [1.29, 1.82) is 0 Å². The predicted molar refractivity (Wildman–Crippen MR) is 70.3 cm³/mol. The van der Waals surface area contributed by atoms with Crippen LogP contribution in [0.4, 0.5) is 0 Å². The van der Waals surface area contributed by atoms with E-state index in [1.807, 2.05) is 49.4 Å². The molecule has 18 heavy (non-hydrogen) atoms. The lowest BCUT2D eigenvalue weighted by Gasteiger charge is -2.08. The normalized spacial score (nSPS) is 12.9. The zero-order valence-corrected chi connectivity index (χ0v) is 10.3. The summed E-state index contributed by atoms with van der Waals surface area (Å²) in [5.41, 5.74) is 3.56. The number of carbonyl (C=O) groups excluding carboxylic acids is 1. The third-order valence-electron chi connectivity index (χ3n) is 3.35. The molecule has 0 N–H and O–H groups in total. The van der Waals surface area contributed by atoms with Crippen LogP contribution in [0.5, 0.6) is 5.75 Å². The quantitative estimate of drug-likeness (QED) is 0.751. The van der Waals surface area contributed by atoms with Gasteiger partial charge >= 0.3 is 0 Å². The summed E-state index contributed by atoms with van der Waals surface area (Å²) >= 11 is 0. The molecule has 90 valence electrons. The average molecular weight is 238 g/mol. The number of aryl methyl sites for hydroxylation is 1. The predicted octanol–water partition coefficient (Wildman–Crippen LogP) is 3.16. The summed E-state index contributed by atoms with van der Waals surface area (Å²) in [7, 11) is 0. The van der Waals surface area contributed by atoms with Crippen LogP contribution in [-0.4, -0.2) is 12.4 Å². The lowest BCUT2D eigenvalue weighted by molar-refractivity contribution is 0.103. The molecule has 0 unspecified atom stereocenters. The van der Waals surface area contributed by atoms with Crippen molar-refractivity contribution in [2.75, 3.05) is 6.61 Å². The van der Waals surface area contributed by atoms with Crippen LogP contribution in [0.1, 0.15) is 27.0 Å². The van der Waals surface area contributed by atoms with Gasteiger partial charge in [-0.05, 0) is 24.1 Å². The van der Waals surface area contributed by atoms with E-state index in [1.165, 1.54) is 0 Å². The Balaban J connectivity index is 2.09. The van der Waals surface area contributed by atoms with Crippen LogP contribution in [0.25, 0.3) is 0 Å². The molecule has 0 saturated carbocycles. The molecule has 0 spiro atoms. The molecule has 0 radical (unpaired) electrons. The minimum Gasteiger partial charge on any atom is -0.492 e. The summed E-state index contributed by atoms with van der Waals surface area (Å²) in [6, 6.07) is 13.5. The van der Waals surface area contributed by atoms with Crippen LogP contribution in [0.15, 0.2) is 42.5 Å². The number of fused-ring (bicyclic) bond motifs is 1. The Kier molecular flexibility index (Phi) is 2.63. The molecule has 0 aromatic heterocycles. The molecule has 0 bridgehead atoms.